The highest BCUT2D eigenvalue weighted by Crippen LogP contribution is 2.35. The molecule has 2 amide bonds. The Labute approximate surface area is 179 Å². The van der Waals surface area contributed by atoms with Crippen molar-refractivity contribution in [2.45, 2.75) is 79.7 Å². The number of nitrogens with zero attached hydrogens (tertiary/aromatic N) is 4. The summed E-state index contributed by atoms with van der Waals surface area (Å²) < 4.78 is 1.87. The van der Waals surface area contributed by atoms with Gasteiger partial charge in [0.05, 0.1) is 11.7 Å². The molecule has 0 aliphatic carbocycles. The molecule has 2 aromatic heterocycles. The maximum absolute atomic E-state index is 12.9. The number of hydrogen-bond donors (Lipinski definition) is 1. The van der Waals surface area contributed by atoms with Crippen molar-refractivity contribution in [3.8, 4) is 0 Å². The van der Waals surface area contributed by atoms with Crippen LogP contribution in [0.2, 0.25) is 0 Å². The smallest absolute Gasteiger partial charge is 0.228 e. The van der Waals surface area contributed by atoms with E-state index < -0.39 is 5.41 Å². The molecular weight excluding hydrogens is 378 g/mol. The molecule has 1 unspecified atom stereocenters. The van der Waals surface area contributed by atoms with E-state index in [4.69, 9.17) is 10.1 Å². The van der Waals surface area contributed by atoms with Gasteiger partial charge in [-0.15, -0.1) is 0 Å². The quantitative estimate of drug-likeness (QED) is 0.786. The topological polar surface area (TPSA) is 79.6 Å². The van der Waals surface area contributed by atoms with Crippen LogP contribution in [0.1, 0.15) is 82.1 Å². The first-order chi connectivity index (χ1) is 14.1. The third kappa shape index (κ3) is 4.50. The Morgan fingerprint density at radius 3 is 2.67 bits per heavy atom. The highest BCUT2D eigenvalue weighted by atomic mass is 16.2. The average molecular weight is 414 g/mol. The fourth-order valence-corrected chi connectivity index (χ4v) is 4.21. The van der Waals surface area contributed by atoms with E-state index in [0.717, 1.165) is 54.1 Å². The number of fused-ring (bicyclic) bond motifs is 1. The Morgan fingerprint density at radius 2 is 2.00 bits per heavy atom. The van der Waals surface area contributed by atoms with Gasteiger partial charge in [-0.3, -0.25) is 9.59 Å². The van der Waals surface area contributed by atoms with Gasteiger partial charge in [0.15, 0.2) is 5.65 Å². The molecule has 3 rings (SSSR count). The standard InChI is InChI=1S/C23H35N5O2/c1-7-12-24-21(29)11-10-17-15(2)25-20-14-18(26-28(20)16(17)3)19-9-8-13-27(19)22(30)23(4,5)6/h14,19H,7-13H2,1-6H3,(H,24,29). The Balaban J connectivity index is 1.87. The zero-order valence-corrected chi connectivity index (χ0v) is 19.2. The SMILES string of the molecule is CCCNC(=O)CCc1c(C)nc2cc(C3CCCN3C(=O)C(C)(C)C)nn2c1C. The average Bonchev–Trinajstić information content (AvgIpc) is 3.31. The van der Waals surface area contributed by atoms with Crippen molar-refractivity contribution >= 4 is 17.5 Å². The number of carbonyl (C=O) groups excluding carboxylic acids is 2. The molecule has 1 N–H and O–H groups in total. The minimum Gasteiger partial charge on any atom is -0.356 e. The third-order valence-electron chi connectivity index (χ3n) is 5.85. The predicted molar refractivity (Wildman–Crippen MR) is 117 cm³/mol. The number of hydrogen-bond acceptors (Lipinski definition) is 4. The molecule has 3 heterocycles. The van der Waals surface area contributed by atoms with Crippen LogP contribution >= 0.6 is 0 Å². The second-order valence-corrected chi connectivity index (χ2v) is 9.36. The van der Waals surface area contributed by atoms with Gasteiger partial charge < -0.3 is 10.2 Å². The maximum atomic E-state index is 12.9. The molecule has 1 atom stereocenters. The van der Waals surface area contributed by atoms with Gasteiger partial charge in [0.1, 0.15) is 0 Å². The molecule has 164 valence electrons. The van der Waals surface area contributed by atoms with E-state index >= 15 is 0 Å². The molecule has 1 aliphatic rings. The summed E-state index contributed by atoms with van der Waals surface area (Å²) >= 11 is 0. The summed E-state index contributed by atoms with van der Waals surface area (Å²) in [4.78, 5) is 31.7. The predicted octanol–water partition coefficient (Wildman–Crippen LogP) is 3.51. The van der Waals surface area contributed by atoms with Crippen LogP contribution in [-0.2, 0) is 16.0 Å². The van der Waals surface area contributed by atoms with Crippen molar-refractivity contribution in [2.24, 2.45) is 5.41 Å². The summed E-state index contributed by atoms with van der Waals surface area (Å²) in [5.74, 6) is 0.237. The summed E-state index contributed by atoms with van der Waals surface area (Å²) in [5, 5.41) is 7.78. The van der Waals surface area contributed by atoms with Gasteiger partial charge in [0.2, 0.25) is 11.8 Å². The Bertz CT molecular complexity index is 941. The van der Waals surface area contributed by atoms with E-state index in [9.17, 15) is 9.59 Å². The van der Waals surface area contributed by atoms with Crippen molar-refractivity contribution in [2.75, 3.05) is 13.1 Å². The first kappa shape index (κ1) is 22.2. The number of aromatic nitrogens is 3. The lowest BCUT2D eigenvalue weighted by molar-refractivity contribution is -0.140. The second kappa shape index (κ2) is 8.74. The lowest BCUT2D eigenvalue weighted by Crippen LogP contribution is -2.39. The number of rotatable bonds is 6. The number of likely N-dealkylation sites (tertiary alicyclic amines) is 1. The molecule has 7 heteroatoms. The molecular formula is C23H35N5O2. The maximum Gasteiger partial charge on any atom is 0.228 e. The van der Waals surface area contributed by atoms with Gasteiger partial charge in [-0.1, -0.05) is 27.7 Å². The van der Waals surface area contributed by atoms with Gasteiger partial charge in [0.25, 0.3) is 0 Å². The molecule has 1 saturated heterocycles. The van der Waals surface area contributed by atoms with Gasteiger partial charge >= 0.3 is 0 Å². The van der Waals surface area contributed by atoms with Gasteiger partial charge in [-0.2, -0.15) is 5.10 Å². The zero-order chi connectivity index (χ0) is 22.1. The molecule has 0 aromatic carbocycles. The summed E-state index contributed by atoms with van der Waals surface area (Å²) in [6.07, 6.45) is 3.93. The Hall–Kier alpha value is -2.44. The summed E-state index contributed by atoms with van der Waals surface area (Å²) in [7, 11) is 0. The first-order valence-corrected chi connectivity index (χ1v) is 11.1. The molecule has 2 aromatic rings. The number of aryl methyl sites for hydroxylation is 2. The van der Waals surface area contributed by atoms with Gasteiger partial charge in [-0.05, 0) is 45.1 Å². The monoisotopic (exact) mass is 413 g/mol. The number of amides is 2. The molecule has 0 radical (unpaired) electrons. The zero-order valence-electron chi connectivity index (χ0n) is 19.2. The largest absolute Gasteiger partial charge is 0.356 e. The van der Waals surface area contributed by atoms with E-state index in [1.54, 1.807) is 0 Å². The summed E-state index contributed by atoms with van der Waals surface area (Å²) in [5.41, 5.74) is 4.31. The van der Waals surface area contributed by atoms with E-state index in [1.165, 1.54) is 0 Å². The fraction of sp³-hybridized carbons (Fsp3) is 0.652. The molecule has 1 fully saturated rings. The van der Waals surface area contributed by atoms with E-state index in [0.29, 0.717) is 19.4 Å². The van der Waals surface area contributed by atoms with Crippen molar-refractivity contribution < 1.29 is 9.59 Å². The summed E-state index contributed by atoms with van der Waals surface area (Å²) in [6, 6.07) is 2.01. The van der Waals surface area contributed by atoms with Crippen LogP contribution in [0.25, 0.3) is 5.65 Å². The second-order valence-electron chi connectivity index (χ2n) is 9.36. The van der Waals surface area contributed by atoms with Crippen molar-refractivity contribution in [3.63, 3.8) is 0 Å². The van der Waals surface area contributed by atoms with E-state index in [-0.39, 0.29) is 17.9 Å². The third-order valence-corrected chi connectivity index (χ3v) is 5.85. The van der Waals surface area contributed by atoms with Crippen LogP contribution in [0, 0.1) is 19.3 Å². The highest BCUT2D eigenvalue weighted by molar-refractivity contribution is 5.82. The first-order valence-electron chi connectivity index (χ1n) is 11.1. The Kier molecular flexibility index (Phi) is 6.48. The molecule has 30 heavy (non-hydrogen) atoms. The molecule has 7 nitrogen and oxygen atoms in total. The lowest BCUT2D eigenvalue weighted by Gasteiger charge is -2.30. The molecule has 0 spiro atoms. The highest BCUT2D eigenvalue weighted by Gasteiger charge is 2.37. The molecule has 1 aliphatic heterocycles. The van der Waals surface area contributed by atoms with Crippen molar-refractivity contribution in [1.29, 1.82) is 0 Å². The molecule has 0 bridgehead atoms. The summed E-state index contributed by atoms with van der Waals surface area (Å²) in [6.45, 7) is 13.4. The van der Waals surface area contributed by atoms with Crippen LogP contribution in [0.5, 0.6) is 0 Å². The lowest BCUT2D eigenvalue weighted by atomic mass is 9.94. The normalized spacial score (nSPS) is 17.0. The molecule has 0 saturated carbocycles. The van der Waals surface area contributed by atoms with Crippen LogP contribution < -0.4 is 5.32 Å². The van der Waals surface area contributed by atoms with Crippen LogP contribution in [-0.4, -0.2) is 44.4 Å². The van der Waals surface area contributed by atoms with Gasteiger partial charge in [-0.25, -0.2) is 9.50 Å². The van der Waals surface area contributed by atoms with Gasteiger partial charge in [0, 0.05) is 42.4 Å². The number of carbonyl (C=O) groups is 2. The van der Waals surface area contributed by atoms with E-state index in [1.807, 2.05) is 57.0 Å². The van der Waals surface area contributed by atoms with Crippen LogP contribution in [0.15, 0.2) is 6.07 Å². The number of nitrogens with one attached hydrogen (secondary N) is 1. The minimum atomic E-state index is -0.405. The van der Waals surface area contributed by atoms with Crippen molar-refractivity contribution in [3.05, 3.63) is 28.7 Å². The van der Waals surface area contributed by atoms with Crippen molar-refractivity contribution in [1.82, 2.24) is 24.8 Å². The fourth-order valence-electron chi connectivity index (χ4n) is 4.21. The van der Waals surface area contributed by atoms with E-state index in [2.05, 4.69) is 5.32 Å². The van der Waals surface area contributed by atoms with Crippen LogP contribution in [0.3, 0.4) is 0 Å². The minimum absolute atomic E-state index is 0.00130. The Morgan fingerprint density at radius 1 is 1.27 bits per heavy atom. The van der Waals surface area contributed by atoms with Crippen LogP contribution in [0.4, 0.5) is 0 Å².